The molecular weight excluding hydrogens is 244 g/mol. The summed E-state index contributed by atoms with van der Waals surface area (Å²) in [4.78, 5) is 5.97. The Morgan fingerprint density at radius 1 is 1.39 bits per heavy atom. The summed E-state index contributed by atoms with van der Waals surface area (Å²) in [6.07, 6.45) is 2.17. The van der Waals surface area contributed by atoms with Crippen LogP contribution in [-0.4, -0.2) is 31.3 Å². The smallest absolute Gasteiger partial charge is 0.0946 e. The number of nitrogens with one attached hydrogen (secondary N) is 1. The van der Waals surface area contributed by atoms with Crippen LogP contribution in [0.3, 0.4) is 0 Å². The monoisotopic (exact) mass is 270 g/mol. The highest BCUT2D eigenvalue weighted by atomic mass is 32.1. The summed E-state index contributed by atoms with van der Waals surface area (Å²) in [5.74, 6) is 0.584. The molecule has 0 fully saturated rings. The first-order chi connectivity index (χ1) is 8.56. The minimum atomic E-state index is 0.505. The summed E-state index contributed by atoms with van der Waals surface area (Å²) in [5.41, 5.74) is 1.18. The number of hydrogen-bond donors (Lipinski definition) is 1. The normalized spacial score (nSPS) is 14.7. The molecule has 0 radical (unpaired) electrons. The molecule has 1 N–H and O–H groups in total. The van der Waals surface area contributed by atoms with Crippen molar-refractivity contribution in [2.75, 3.05) is 20.3 Å². The summed E-state index contributed by atoms with van der Waals surface area (Å²) >= 11 is 1.83. The summed E-state index contributed by atoms with van der Waals surface area (Å²) in [6.45, 7) is 10.5. The predicted octanol–water partition coefficient (Wildman–Crippen LogP) is 2.95. The van der Waals surface area contributed by atoms with Crippen LogP contribution in [-0.2, 0) is 11.2 Å². The fourth-order valence-electron chi connectivity index (χ4n) is 2.20. The van der Waals surface area contributed by atoms with Crippen LogP contribution >= 0.6 is 11.3 Å². The van der Waals surface area contributed by atoms with E-state index in [0.29, 0.717) is 12.0 Å². The van der Waals surface area contributed by atoms with Crippen molar-refractivity contribution in [2.24, 2.45) is 5.92 Å². The highest BCUT2D eigenvalue weighted by molar-refractivity contribution is 7.11. The summed E-state index contributed by atoms with van der Waals surface area (Å²) in [5, 5.41) is 4.81. The number of thiazole rings is 1. The van der Waals surface area contributed by atoms with Crippen LogP contribution < -0.4 is 5.32 Å². The molecule has 0 aliphatic carbocycles. The van der Waals surface area contributed by atoms with Crippen molar-refractivity contribution < 1.29 is 4.74 Å². The predicted molar refractivity (Wildman–Crippen MR) is 78.4 cm³/mol. The van der Waals surface area contributed by atoms with Crippen LogP contribution in [0.25, 0.3) is 0 Å². The lowest BCUT2D eigenvalue weighted by Crippen LogP contribution is -2.33. The minimum absolute atomic E-state index is 0.505. The zero-order chi connectivity index (χ0) is 13.5. The van der Waals surface area contributed by atoms with E-state index in [9.17, 15) is 0 Å². The fraction of sp³-hybridized carbons (Fsp3) is 0.786. The number of methoxy groups -OCH3 is 1. The Labute approximate surface area is 115 Å². The first-order valence-electron chi connectivity index (χ1n) is 6.72. The van der Waals surface area contributed by atoms with Crippen molar-refractivity contribution in [1.82, 2.24) is 10.3 Å². The molecule has 1 aromatic heterocycles. The van der Waals surface area contributed by atoms with E-state index in [2.05, 4.69) is 38.0 Å². The Morgan fingerprint density at radius 2 is 2.11 bits per heavy atom. The second-order valence-corrected chi connectivity index (χ2v) is 6.29. The maximum absolute atomic E-state index is 5.22. The van der Waals surface area contributed by atoms with Crippen LogP contribution in [0.5, 0.6) is 0 Å². The minimum Gasteiger partial charge on any atom is -0.384 e. The van der Waals surface area contributed by atoms with Gasteiger partial charge in [0.15, 0.2) is 0 Å². The highest BCUT2D eigenvalue weighted by Gasteiger charge is 2.15. The third kappa shape index (κ3) is 5.04. The number of hydrogen-bond acceptors (Lipinski definition) is 4. The summed E-state index contributed by atoms with van der Waals surface area (Å²) < 4.78 is 5.22. The van der Waals surface area contributed by atoms with E-state index in [1.54, 1.807) is 7.11 Å². The van der Waals surface area contributed by atoms with Gasteiger partial charge in [0.25, 0.3) is 0 Å². The standard InChI is InChI=1S/C14H26N2OS/c1-6-15-13(7-10(2)9-17-5)8-14-16-11(3)12(4)18-14/h10,13,15H,6-9H2,1-5H3. The number of rotatable bonds is 8. The van der Waals surface area contributed by atoms with Gasteiger partial charge in [0.1, 0.15) is 0 Å². The number of nitrogens with zero attached hydrogens (tertiary/aromatic N) is 1. The van der Waals surface area contributed by atoms with Gasteiger partial charge in [-0.15, -0.1) is 11.3 Å². The molecule has 1 aromatic rings. The largest absolute Gasteiger partial charge is 0.384 e. The van der Waals surface area contributed by atoms with Gasteiger partial charge in [0, 0.05) is 31.1 Å². The number of aryl methyl sites for hydroxylation is 2. The molecule has 1 rings (SSSR count). The van der Waals surface area contributed by atoms with Gasteiger partial charge in [-0.3, -0.25) is 0 Å². The van der Waals surface area contributed by atoms with Crippen molar-refractivity contribution in [3.8, 4) is 0 Å². The molecule has 0 amide bonds. The first-order valence-corrected chi connectivity index (χ1v) is 7.53. The molecule has 0 aromatic carbocycles. The van der Waals surface area contributed by atoms with Crippen LogP contribution in [0, 0.1) is 19.8 Å². The maximum Gasteiger partial charge on any atom is 0.0946 e. The Hall–Kier alpha value is -0.450. The second-order valence-electron chi connectivity index (χ2n) is 5.00. The van der Waals surface area contributed by atoms with E-state index in [-0.39, 0.29) is 0 Å². The van der Waals surface area contributed by atoms with E-state index in [0.717, 1.165) is 26.0 Å². The first kappa shape index (κ1) is 15.6. The van der Waals surface area contributed by atoms with Gasteiger partial charge in [-0.25, -0.2) is 4.98 Å². The number of ether oxygens (including phenoxy) is 1. The quantitative estimate of drug-likeness (QED) is 0.788. The van der Waals surface area contributed by atoms with Gasteiger partial charge >= 0.3 is 0 Å². The molecule has 0 saturated carbocycles. The Morgan fingerprint density at radius 3 is 2.61 bits per heavy atom. The zero-order valence-electron chi connectivity index (χ0n) is 12.2. The average Bonchev–Trinajstić information content (AvgIpc) is 2.58. The van der Waals surface area contributed by atoms with Crippen molar-refractivity contribution in [1.29, 1.82) is 0 Å². The molecule has 0 saturated heterocycles. The fourth-order valence-corrected chi connectivity index (χ4v) is 3.22. The molecule has 2 atom stereocenters. The van der Waals surface area contributed by atoms with Crippen LogP contribution in [0.15, 0.2) is 0 Å². The van der Waals surface area contributed by atoms with E-state index in [4.69, 9.17) is 4.74 Å². The topological polar surface area (TPSA) is 34.2 Å². The molecule has 0 bridgehead atoms. The third-order valence-corrected chi connectivity index (χ3v) is 4.22. The molecule has 3 nitrogen and oxygen atoms in total. The number of likely N-dealkylation sites (N-methyl/N-ethyl adjacent to an activating group) is 1. The van der Waals surface area contributed by atoms with Gasteiger partial charge in [0.2, 0.25) is 0 Å². The molecule has 0 aliphatic rings. The zero-order valence-corrected chi connectivity index (χ0v) is 13.1. The Bertz CT molecular complexity index is 332. The summed E-state index contributed by atoms with van der Waals surface area (Å²) in [6, 6.07) is 0.505. The lowest BCUT2D eigenvalue weighted by Gasteiger charge is -2.20. The molecule has 18 heavy (non-hydrogen) atoms. The average molecular weight is 270 g/mol. The Balaban J connectivity index is 2.56. The van der Waals surface area contributed by atoms with Crippen molar-refractivity contribution in [2.45, 2.75) is 46.6 Å². The van der Waals surface area contributed by atoms with Gasteiger partial charge in [-0.1, -0.05) is 13.8 Å². The van der Waals surface area contributed by atoms with Gasteiger partial charge in [-0.05, 0) is 32.7 Å². The molecule has 2 unspecified atom stereocenters. The molecule has 0 spiro atoms. The molecule has 4 heteroatoms. The third-order valence-electron chi connectivity index (χ3n) is 3.12. The van der Waals surface area contributed by atoms with Gasteiger partial charge in [0.05, 0.1) is 10.7 Å². The molecule has 1 heterocycles. The SMILES string of the molecule is CCNC(Cc1nc(C)c(C)s1)CC(C)COC. The summed E-state index contributed by atoms with van der Waals surface area (Å²) in [7, 11) is 1.77. The lowest BCUT2D eigenvalue weighted by atomic mass is 10.0. The number of aromatic nitrogens is 1. The van der Waals surface area contributed by atoms with Crippen molar-refractivity contribution in [3.05, 3.63) is 15.6 Å². The highest BCUT2D eigenvalue weighted by Crippen LogP contribution is 2.19. The van der Waals surface area contributed by atoms with E-state index < -0.39 is 0 Å². The van der Waals surface area contributed by atoms with Gasteiger partial charge < -0.3 is 10.1 Å². The van der Waals surface area contributed by atoms with Crippen molar-refractivity contribution in [3.63, 3.8) is 0 Å². The van der Waals surface area contributed by atoms with Crippen molar-refractivity contribution >= 4 is 11.3 Å². The van der Waals surface area contributed by atoms with Crippen LogP contribution in [0.2, 0.25) is 0 Å². The molecule has 0 aliphatic heterocycles. The van der Waals surface area contributed by atoms with Gasteiger partial charge in [-0.2, -0.15) is 0 Å². The van der Waals surface area contributed by atoms with E-state index in [1.807, 2.05) is 11.3 Å². The van der Waals surface area contributed by atoms with E-state index >= 15 is 0 Å². The van der Waals surface area contributed by atoms with E-state index in [1.165, 1.54) is 15.6 Å². The van der Waals surface area contributed by atoms with Crippen LogP contribution in [0.1, 0.15) is 35.8 Å². The van der Waals surface area contributed by atoms with Crippen LogP contribution in [0.4, 0.5) is 0 Å². The second kappa shape index (κ2) is 7.87. The lowest BCUT2D eigenvalue weighted by molar-refractivity contribution is 0.149. The Kier molecular flexibility index (Phi) is 6.82. The molecular formula is C14H26N2OS. The maximum atomic E-state index is 5.22. The molecule has 104 valence electrons.